The Morgan fingerprint density at radius 1 is 1.03 bits per heavy atom. The average Bonchev–Trinajstić information content (AvgIpc) is 3.03. The van der Waals surface area contributed by atoms with Crippen LogP contribution in [0.3, 0.4) is 0 Å². The maximum Gasteiger partial charge on any atom is 0.344 e. The van der Waals surface area contributed by atoms with Crippen molar-refractivity contribution in [3.8, 4) is 0 Å². The Morgan fingerprint density at radius 2 is 1.70 bits per heavy atom. The highest BCUT2D eigenvalue weighted by molar-refractivity contribution is 6.07. The van der Waals surface area contributed by atoms with Gasteiger partial charge in [0.25, 0.3) is 11.8 Å². The van der Waals surface area contributed by atoms with Gasteiger partial charge < -0.3 is 10.2 Å². The number of piperazine rings is 1. The van der Waals surface area contributed by atoms with Crippen molar-refractivity contribution in [2.45, 2.75) is 57.4 Å². The molecule has 4 rings (SSSR count). The fraction of sp³-hybridized carbons (Fsp3) is 0.640. The second-order valence-electron chi connectivity index (χ2n) is 10.0. The first-order valence-corrected chi connectivity index (χ1v) is 12.4. The van der Waals surface area contributed by atoms with Gasteiger partial charge >= 0.3 is 6.03 Å². The van der Waals surface area contributed by atoms with Gasteiger partial charge in [0.2, 0.25) is 0 Å². The van der Waals surface area contributed by atoms with Gasteiger partial charge in [0, 0.05) is 32.7 Å². The van der Waals surface area contributed by atoms with Crippen LogP contribution in [0.2, 0.25) is 0 Å². The lowest BCUT2D eigenvalue weighted by atomic mass is 9.89. The van der Waals surface area contributed by atoms with Crippen LogP contribution in [-0.4, -0.2) is 77.5 Å². The molecule has 1 aliphatic carbocycles. The molecule has 0 spiro atoms. The monoisotopic (exact) mass is 455 g/mol. The average molecular weight is 456 g/mol. The van der Waals surface area contributed by atoms with Gasteiger partial charge in [0.15, 0.2) is 0 Å². The van der Waals surface area contributed by atoms with Crippen LogP contribution in [0.4, 0.5) is 4.79 Å². The first-order chi connectivity index (χ1) is 15.9. The summed E-state index contributed by atoms with van der Waals surface area (Å²) < 4.78 is 0. The van der Waals surface area contributed by atoms with E-state index >= 15 is 0 Å². The molecule has 0 aromatic heterocycles. The van der Waals surface area contributed by atoms with E-state index in [1.807, 2.05) is 30.3 Å². The maximum absolute atomic E-state index is 12.9. The third-order valence-corrected chi connectivity index (χ3v) is 7.33. The van der Waals surface area contributed by atoms with Crippen molar-refractivity contribution < 1.29 is 14.4 Å². The molecular formula is C25H37N5O3. The Labute approximate surface area is 196 Å². The van der Waals surface area contributed by atoms with Crippen LogP contribution in [0, 0.1) is 5.92 Å². The zero-order valence-corrected chi connectivity index (χ0v) is 19.7. The van der Waals surface area contributed by atoms with E-state index in [4.69, 9.17) is 0 Å². The van der Waals surface area contributed by atoms with Crippen LogP contribution in [0.1, 0.15) is 51.0 Å². The van der Waals surface area contributed by atoms with Gasteiger partial charge in [-0.15, -0.1) is 0 Å². The quantitative estimate of drug-likeness (QED) is 0.587. The van der Waals surface area contributed by atoms with Gasteiger partial charge in [-0.25, -0.2) is 4.79 Å². The second kappa shape index (κ2) is 10.7. The van der Waals surface area contributed by atoms with Crippen molar-refractivity contribution in [2.24, 2.45) is 5.92 Å². The first kappa shape index (κ1) is 23.7. The third-order valence-electron chi connectivity index (χ3n) is 7.33. The van der Waals surface area contributed by atoms with Crippen LogP contribution in [0.25, 0.3) is 0 Å². The summed E-state index contributed by atoms with van der Waals surface area (Å²) in [6.45, 7) is 6.66. The highest BCUT2D eigenvalue weighted by Crippen LogP contribution is 2.25. The number of hydrogen-bond acceptors (Lipinski definition) is 5. The van der Waals surface area contributed by atoms with E-state index in [2.05, 4.69) is 20.5 Å². The van der Waals surface area contributed by atoms with E-state index in [-0.39, 0.29) is 12.5 Å². The van der Waals surface area contributed by atoms with E-state index in [1.54, 1.807) is 6.92 Å². The number of nitrogens with one attached hydrogen (secondary N) is 2. The van der Waals surface area contributed by atoms with Gasteiger partial charge in [0.05, 0.1) is 6.54 Å². The van der Waals surface area contributed by atoms with E-state index in [0.29, 0.717) is 12.8 Å². The van der Waals surface area contributed by atoms with Crippen molar-refractivity contribution in [3.63, 3.8) is 0 Å². The summed E-state index contributed by atoms with van der Waals surface area (Å²) in [5.74, 6) is 0.0881. The number of benzene rings is 1. The van der Waals surface area contributed by atoms with Crippen molar-refractivity contribution in [1.29, 1.82) is 0 Å². The molecule has 180 valence electrons. The van der Waals surface area contributed by atoms with E-state index in [1.165, 1.54) is 38.6 Å². The molecule has 8 heteroatoms. The topological polar surface area (TPSA) is 85.0 Å². The minimum absolute atomic E-state index is 0.190. The molecule has 0 bridgehead atoms. The summed E-state index contributed by atoms with van der Waals surface area (Å²) in [4.78, 5) is 42.6. The lowest BCUT2D eigenvalue weighted by molar-refractivity contribution is -0.139. The zero-order chi connectivity index (χ0) is 23.3. The van der Waals surface area contributed by atoms with E-state index < -0.39 is 17.5 Å². The molecule has 1 unspecified atom stereocenters. The molecule has 4 amide bonds. The van der Waals surface area contributed by atoms with Gasteiger partial charge in [-0.2, -0.15) is 5.01 Å². The number of amides is 4. The van der Waals surface area contributed by atoms with Crippen molar-refractivity contribution in [3.05, 3.63) is 35.9 Å². The molecule has 3 fully saturated rings. The number of hydrazine groups is 1. The number of urea groups is 1. The van der Waals surface area contributed by atoms with Gasteiger partial charge in [-0.3, -0.25) is 19.9 Å². The highest BCUT2D eigenvalue weighted by atomic mass is 16.2. The number of rotatable bonds is 8. The Balaban J connectivity index is 1.21. The highest BCUT2D eigenvalue weighted by Gasteiger charge is 2.48. The molecule has 2 heterocycles. The lowest BCUT2D eigenvalue weighted by Crippen LogP contribution is -2.54. The number of carbonyl (C=O) groups excluding carboxylic acids is 3. The summed E-state index contributed by atoms with van der Waals surface area (Å²) in [5, 5.41) is 3.61. The Bertz CT molecular complexity index is 834. The molecule has 2 aliphatic heterocycles. The number of imide groups is 1. The van der Waals surface area contributed by atoms with Crippen molar-refractivity contribution in [1.82, 2.24) is 25.6 Å². The predicted molar refractivity (Wildman–Crippen MR) is 126 cm³/mol. The fourth-order valence-electron chi connectivity index (χ4n) is 5.22. The van der Waals surface area contributed by atoms with Gasteiger partial charge in [-0.1, -0.05) is 49.6 Å². The Hall–Kier alpha value is -2.45. The smallest absolute Gasteiger partial charge is 0.322 e. The normalized spacial score (nSPS) is 25.3. The Kier molecular flexibility index (Phi) is 7.65. The SMILES string of the molecule is CC1(CCc2ccccc2)NC(=O)N(NC(=O)CN2CCN(CC3CCCCC3)CC2)C1=O. The molecule has 1 atom stereocenters. The molecule has 8 nitrogen and oxygen atoms in total. The molecule has 33 heavy (non-hydrogen) atoms. The van der Waals surface area contributed by atoms with E-state index in [0.717, 1.165) is 42.7 Å². The number of nitrogens with zero attached hydrogens (tertiary/aromatic N) is 3. The zero-order valence-electron chi connectivity index (χ0n) is 19.7. The molecule has 1 aromatic carbocycles. The predicted octanol–water partition coefficient (Wildman–Crippen LogP) is 2.16. The number of carbonyl (C=O) groups is 3. The molecule has 2 saturated heterocycles. The summed E-state index contributed by atoms with van der Waals surface area (Å²) in [5.41, 5.74) is 2.61. The standard InChI is InChI=1S/C25H37N5O3/c1-25(13-12-20-8-4-2-5-9-20)23(32)30(24(33)26-25)27-22(31)19-29-16-14-28(15-17-29)18-21-10-6-3-7-11-21/h2,4-5,8-9,21H,3,6-7,10-19H2,1H3,(H,26,33)(H,27,31). The molecular weight excluding hydrogens is 418 g/mol. The van der Waals surface area contributed by atoms with E-state index in [9.17, 15) is 14.4 Å². The maximum atomic E-state index is 12.9. The number of hydrogen-bond donors (Lipinski definition) is 2. The third kappa shape index (κ3) is 6.12. The van der Waals surface area contributed by atoms with Gasteiger partial charge in [-0.05, 0) is 44.1 Å². The molecule has 1 aromatic rings. The lowest BCUT2D eigenvalue weighted by Gasteiger charge is -2.37. The minimum Gasteiger partial charge on any atom is -0.322 e. The fourth-order valence-corrected chi connectivity index (χ4v) is 5.22. The van der Waals surface area contributed by atoms with Gasteiger partial charge in [0.1, 0.15) is 5.54 Å². The van der Waals surface area contributed by atoms with Crippen LogP contribution in [-0.2, 0) is 16.0 Å². The minimum atomic E-state index is -1.02. The van der Waals surface area contributed by atoms with Crippen LogP contribution >= 0.6 is 0 Å². The molecule has 0 radical (unpaired) electrons. The van der Waals surface area contributed by atoms with Crippen LogP contribution in [0.5, 0.6) is 0 Å². The summed E-state index contributed by atoms with van der Waals surface area (Å²) >= 11 is 0. The van der Waals surface area contributed by atoms with Crippen molar-refractivity contribution >= 4 is 17.8 Å². The van der Waals surface area contributed by atoms with Crippen molar-refractivity contribution in [2.75, 3.05) is 39.3 Å². The number of aryl methyl sites for hydroxylation is 1. The van der Waals surface area contributed by atoms with Crippen LogP contribution < -0.4 is 10.7 Å². The summed E-state index contributed by atoms with van der Waals surface area (Å²) in [6.07, 6.45) is 7.92. The molecule has 1 saturated carbocycles. The summed E-state index contributed by atoms with van der Waals surface area (Å²) in [7, 11) is 0. The second-order valence-corrected chi connectivity index (χ2v) is 10.0. The van der Waals surface area contributed by atoms with Crippen LogP contribution in [0.15, 0.2) is 30.3 Å². The summed E-state index contributed by atoms with van der Waals surface area (Å²) in [6, 6.07) is 9.28. The Morgan fingerprint density at radius 3 is 2.39 bits per heavy atom. The first-order valence-electron chi connectivity index (χ1n) is 12.4. The molecule has 3 aliphatic rings. The molecule has 2 N–H and O–H groups in total. The largest absolute Gasteiger partial charge is 0.344 e.